The maximum absolute atomic E-state index is 13.2. The highest BCUT2D eigenvalue weighted by atomic mass is 16.3. The number of fused-ring (bicyclic) bond motifs is 1. The number of likely N-dealkylation sites (N-methyl/N-ethyl adjacent to an activating group) is 1. The fourth-order valence-corrected chi connectivity index (χ4v) is 3.80. The SMILES string of the molecule is Cc1nn2c(=O)c(C(=O)NC3CC3)c(O)n(CC(C)C)c2c1/C=C/C(=O)N(C)Cc1cnccn1. The van der Waals surface area contributed by atoms with Gasteiger partial charge >= 0.3 is 0 Å². The van der Waals surface area contributed by atoms with Crippen LogP contribution in [0.25, 0.3) is 11.7 Å². The molecule has 0 atom stereocenters. The molecule has 0 aliphatic heterocycles. The van der Waals surface area contributed by atoms with E-state index in [0.717, 1.165) is 17.4 Å². The molecule has 0 bridgehead atoms. The minimum atomic E-state index is -0.704. The lowest BCUT2D eigenvalue weighted by molar-refractivity contribution is -0.125. The smallest absolute Gasteiger partial charge is 0.291 e. The predicted molar refractivity (Wildman–Crippen MR) is 129 cm³/mol. The number of amides is 2. The Morgan fingerprint density at radius 3 is 2.69 bits per heavy atom. The molecule has 1 aliphatic carbocycles. The van der Waals surface area contributed by atoms with Crippen LogP contribution in [0.5, 0.6) is 5.88 Å². The van der Waals surface area contributed by atoms with Crippen LogP contribution in [-0.2, 0) is 17.9 Å². The van der Waals surface area contributed by atoms with Crippen LogP contribution in [0.15, 0.2) is 29.5 Å². The number of carbonyl (C=O) groups is 2. The van der Waals surface area contributed by atoms with Crippen molar-refractivity contribution >= 4 is 23.5 Å². The van der Waals surface area contributed by atoms with Gasteiger partial charge in [0.15, 0.2) is 5.56 Å². The van der Waals surface area contributed by atoms with Gasteiger partial charge in [-0.15, -0.1) is 0 Å². The summed E-state index contributed by atoms with van der Waals surface area (Å²) in [5, 5.41) is 18.1. The van der Waals surface area contributed by atoms with E-state index in [2.05, 4.69) is 20.4 Å². The zero-order chi connectivity index (χ0) is 25.3. The van der Waals surface area contributed by atoms with E-state index in [4.69, 9.17) is 0 Å². The van der Waals surface area contributed by atoms with Gasteiger partial charge in [-0.25, -0.2) is 0 Å². The fraction of sp³-hybridized carbons (Fsp3) is 0.417. The van der Waals surface area contributed by atoms with Gasteiger partial charge in [0, 0.05) is 43.7 Å². The van der Waals surface area contributed by atoms with Crippen molar-refractivity contribution in [2.24, 2.45) is 5.92 Å². The summed E-state index contributed by atoms with van der Waals surface area (Å²) < 4.78 is 2.65. The predicted octanol–water partition coefficient (Wildman–Crippen LogP) is 1.52. The molecule has 2 N–H and O–H groups in total. The first-order valence-electron chi connectivity index (χ1n) is 11.5. The summed E-state index contributed by atoms with van der Waals surface area (Å²) in [5.41, 5.74) is 0.930. The van der Waals surface area contributed by atoms with E-state index in [1.165, 1.54) is 15.5 Å². The van der Waals surface area contributed by atoms with Crippen LogP contribution < -0.4 is 10.9 Å². The molecule has 11 nitrogen and oxygen atoms in total. The number of aryl methyl sites for hydroxylation is 1. The normalized spacial score (nSPS) is 13.6. The lowest BCUT2D eigenvalue weighted by Crippen LogP contribution is -2.34. The van der Waals surface area contributed by atoms with Gasteiger partial charge in [0.1, 0.15) is 5.65 Å². The van der Waals surface area contributed by atoms with Gasteiger partial charge in [-0.05, 0) is 31.8 Å². The van der Waals surface area contributed by atoms with Gasteiger partial charge in [-0.3, -0.25) is 28.9 Å². The summed E-state index contributed by atoms with van der Waals surface area (Å²) in [4.78, 5) is 48.3. The van der Waals surface area contributed by atoms with E-state index in [-0.39, 0.29) is 30.0 Å². The minimum Gasteiger partial charge on any atom is -0.494 e. The monoisotopic (exact) mass is 479 g/mol. The Bertz CT molecular complexity index is 1350. The van der Waals surface area contributed by atoms with Gasteiger partial charge in [0.2, 0.25) is 11.8 Å². The highest BCUT2D eigenvalue weighted by Crippen LogP contribution is 2.26. The minimum absolute atomic E-state index is 0.0262. The van der Waals surface area contributed by atoms with Gasteiger partial charge in [-0.2, -0.15) is 9.61 Å². The largest absolute Gasteiger partial charge is 0.494 e. The van der Waals surface area contributed by atoms with Gasteiger partial charge in [-0.1, -0.05) is 13.8 Å². The highest BCUT2D eigenvalue weighted by molar-refractivity contribution is 5.97. The molecule has 0 radical (unpaired) electrons. The summed E-state index contributed by atoms with van der Waals surface area (Å²) in [6, 6.07) is 0.0262. The second-order valence-electron chi connectivity index (χ2n) is 9.21. The number of hydrogen-bond donors (Lipinski definition) is 2. The van der Waals surface area contributed by atoms with Crippen molar-refractivity contribution in [3.8, 4) is 5.88 Å². The Morgan fingerprint density at radius 2 is 2.06 bits per heavy atom. The topological polar surface area (TPSA) is 135 Å². The Labute approximate surface area is 202 Å². The van der Waals surface area contributed by atoms with Crippen LogP contribution in [-0.4, -0.2) is 59.1 Å². The van der Waals surface area contributed by atoms with E-state index in [9.17, 15) is 19.5 Å². The Hall–Kier alpha value is -4.02. The zero-order valence-corrected chi connectivity index (χ0v) is 20.2. The Kier molecular flexibility index (Phi) is 6.68. The molecule has 1 aliphatic rings. The van der Waals surface area contributed by atoms with Crippen LogP contribution in [0.4, 0.5) is 0 Å². The maximum atomic E-state index is 13.2. The number of carbonyl (C=O) groups excluding carboxylic acids is 2. The first kappa shape index (κ1) is 24.1. The molecule has 0 spiro atoms. The summed E-state index contributed by atoms with van der Waals surface area (Å²) >= 11 is 0. The second kappa shape index (κ2) is 9.69. The molecule has 0 unspecified atom stereocenters. The number of aromatic hydroxyl groups is 1. The zero-order valence-electron chi connectivity index (χ0n) is 20.2. The Morgan fingerprint density at radius 1 is 1.31 bits per heavy atom. The van der Waals surface area contributed by atoms with E-state index in [1.807, 2.05) is 13.8 Å². The molecule has 3 aromatic rings. The molecule has 4 rings (SSSR count). The van der Waals surface area contributed by atoms with Crippen molar-refractivity contribution in [1.82, 2.24) is 34.4 Å². The second-order valence-corrected chi connectivity index (χ2v) is 9.21. The van der Waals surface area contributed by atoms with Crippen molar-refractivity contribution in [2.45, 2.75) is 52.7 Å². The van der Waals surface area contributed by atoms with Crippen molar-refractivity contribution in [1.29, 1.82) is 0 Å². The number of nitrogens with zero attached hydrogens (tertiary/aromatic N) is 6. The van der Waals surface area contributed by atoms with Crippen LogP contribution in [0.3, 0.4) is 0 Å². The maximum Gasteiger partial charge on any atom is 0.291 e. The van der Waals surface area contributed by atoms with Crippen LogP contribution in [0, 0.1) is 12.8 Å². The molecular weight excluding hydrogens is 450 g/mol. The van der Waals surface area contributed by atoms with Crippen LogP contribution in [0.2, 0.25) is 0 Å². The summed E-state index contributed by atoms with van der Waals surface area (Å²) in [5.74, 6) is -1.20. The van der Waals surface area contributed by atoms with Crippen molar-refractivity contribution in [3.05, 3.63) is 57.5 Å². The van der Waals surface area contributed by atoms with Crippen LogP contribution in [0.1, 0.15) is 54.0 Å². The molecular formula is C24H29N7O4. The van der Waals surface area contributed by atoms with Gasteiger partial charge in [0.05, 0.1) is 24.1 Å². The molecule has 0 aromatic carbocycles. The lowest BCUT2D eigenvalue weighted by atomic mass is 10.1. The van der Waals surface area contributed by atoms with Crippen molar-refractivity contribution in [2.75, 3.05) is 7.05 Å². The number of rotatable bonds is 8. The molecule has 3 aromatic heterocycles. The first-order valence-corrected chi connectivity index (χ1v) is 11.5. The van der Waals surface area contributed by atoms with E-state index >= 15 is 0 Å². The first-order chi connectivity index (χ1) is 16.7. The molecule has 1 saturated carbocycles. The van der Waals surface area contributed by atoms with Crippen molar-refractivity contribution in [3.63, 3.8) is 0 Å². The third kappa shape index (κ3) is 5.08. The van der Waals surface area contributed by atoms with Crippen LogP contribution >= 0.6 is 0 Å². The third-order valence-electron chi connectivity index (χ3n) is 5.69. The molecule has 11 heteroatoms. The summed E-state index contributed by atoms with van der Waals surface area (Å²) in [7, 11) is 1.65. The molecule has 3 heterocycles. The van der Waals surface area contributed by atoms with Gasteiger partial charge in [0.25, 0.3) is 11.5 Å². The average Bonchev–Trinajstić information content (AvgIpc) is 3.56. The molecule has 2 amide bonds. The molecule has 1 fully saturated rings. The quantitative estimate of drug-likeness (QED) is 0.468. The number of hydrogen-bond acceptors (Lipinski definition) is 7. The van der Waals surface area contributed by atoms with E-state index in [0.29, 0.717) is 29.1 Å². The van der Waals surface area contributed by atoms with E-state index in [1.54, 1.807) is 38.6 Å². The number of nitrogens with one attached hydrogen (secondary N) is 1. The average molecular weight is 480 g/mol. The molecule has 35 heavy (non-hydrogen) atoms. The van der Waals surface area contributed by atoms with E-state index < -0.39 is 17.3 Å². The van der Waals surface area contributed by atoms with Gasteiger partial charge < -0.3 is 15.3 Å². The summed E-state index contributed by atoms with van der Waals surface area (Å²) in [6.45, 7) is 6.25. The summed E-state index contributed by atoms with van der Waals surface area (Å²) in [6.07, 6.45) is 9.38. The number of aromatic nitrogens is 5. The molecule has 184 valence electrons. The Balaban J connectivity index is 1.74. The highest BCUT2D eigenvalue weighted by Gasteiger charge is 2.30. The standard InChI is InChI=1S/C24H29N7O4/c1-14(2)12-30-22-18(7-8-19(32)29(4)13-17-11-25-9-10-26-17)15(3)28-31(22)24(35)20(23(30)34)21(33)27-16-5-6-16/h7-11,14,16,34H,5-6,12-13H2,1-4H3,(H,27,33)/b8-7+. The lowest BCUT2D eigenvalue weighted by Gasteiger charge is -2.17. The fourth-order valence-electron chi connectivity index (χ4n) is 3.80. The third-order valence-corrected chi connectivity index (χ3v) is 5.69. The molecule has 0 saturated heterocycles. The van der Waals surface area contributed by atoms with Crippen molar-refractivity contribution < 1.29 is 14.7 Å².